The van der Waals surface area contributed by atoms with E-state index in [0.717, 1.165) is 28.3 Å². The fourth-order valence-corrected chi connectivity index (χ4v) is 4.14. The number of oxazole rings is 1. The van der Waals surface area contributed by atoms with Gasteiger partial charge in [0.25, 0.3) is 0 Å². The first-order valence-electron chi connectivity index (χ1n) is 12.9. The number of carbonyl (C=O) groups excluding carboxylic acids is 1. The smallest absolute Gasteiger partial charge is 0.326 e. The molecule has 0 saturated heterocycles. The second-order valence-corrected chi connectivity index (χ2v) is 9.29. The van der Waals surface area contributed by atoms with Crippen molar-refractivity contribution in [1.29, 1.82) is 0 Å². The summed E-state index contributed by atoms with van der Waals surface area (Å²) in [5.74, 6) is 1.54. The number of aryl methyl sites for hydroxylation is 1. The van der Waals surface area contributed by atoms with Crippen molar-refractivity contribution in [2.45, 2.75) is 32.7 Å². The van der Waals surface area contributed by atoms with Gasteiger partial charge >= 0.3 is 5.97 Å². The Bertz CT molecular complexity index is 1460. The Morgan fingerprint density at radius 1 is 1.00 bits per heavy atom. The molecule has 0 bridgehead atoms. The lowest BCUT2D eigenvalue weighted by Gasteiger charge is -2.16. The summed E-state index contributed by atoms with van der Waals surface area (Å²) >= 11 is 0. The highest BCUT2D eigenvalue weighted by Crippen LogP contribution is 2.24. The van der Waals surface area contributed by atoms with E-state index in [1.165, 1.54) is 6.08 Å². The highest BCUT2D eigenvalue weighted by Gasteiger charge is 2.18. The van der Waals surface area contributed by atoms with E-state index < -0.39 is 12.0 Å². The third-order valence-corrected chi connectivity index (χ3v) is 6.31. The lowest BCUT2D eigenvalue weighted by Crippen LogP contribution is -2.37. The molecule has 40 heavy (non-hydrogen) atoms. The number of allylic oxidation sites excluding steroid dienone is 2. The fraction of sp³-hybridized carbons (Fsp3) is 0.219. The Hall–Kier alpha value is -4.85. The summed E-state index contributed by atoms with van der Waals surface area (Å²) in [7, 11) is 1.62. The van der Waals surface area contributed by atoms with Crippen molar-refractivity contribution in [1.82, 2.24) is 10.3 Å². The van der Waals surface area contributed by atoms with Crippen molar-refractivity contribution < 1.29 is 28.6 Å². The second-order valence-electron chi connectivity index (χ2n) is 9.29. The van der Waals surface area contributed by atoms with Gasteiger partial charge in [-0.2, -0.15) is 0 Å². The molecule has 2 N–H and O–H groups in total. The molecule has 1 heterocycles. The van der Waals surface area contributed by atoms with Crippen LogP contribution in [0, 0.1) is 6.92 Å². The minimum atomic E-state index is -1.00. The molecular weight excluding hydrogens is 508 g/mol. The van der Waals surface area contributed by atoms with Crippen LogP contribution in [0.1, 0.15) is 34.3 Å². The first-order valence-corrected chi connectivity index (χ1v) is 12.9. The Morgan fingerprint density at radius 3 is 2.33 bits per heavy atom. The molecule has 4 rings (SSSR count). The number of nitrogens with one attached hydrogen (secondary N) is 1. The molecule has 1 aromatic heterocycles. The molecule has 0 unspecified atom stereocenters. The number of carboxylic acid groups (broad SMARTS) is 1. The maximum absolute atomic E-state index is 12.4. The second kappa shape index (κ2) is 13.3. The molecule has 206 valence electrons. The number of hydrogen-bond acceptors (Lipinski definition) is 7. The zero-order chi connectivity index (χ0) is 28.5. The van der Waals surface area contributed by atoms with Gasteiger partial charge in [-0.1, -0.05) is 42.5 Å². The first kappa shape index (κ1) is 28.2. The molecule has 0 saturated carbocycles. The van der Waals surface area contributed by atoms with Crippen LogP contribution in [-0.2, 0) is 17.6 Å². The predicted molar refractivity (Wildman–Crippen MR) is 152 cm³/mol. The van der Waals surface area contributed by atoms with Gasteiger partial charge in [-0.25, -0.2) is 9.78 Å². The molecule has 0 aliphatic carbocycles. The highest BCUT2D eigenvalue weighted by atomic mass is 16.5. The Balaban J connectivity index is 1.30. The van der Waals surface area contributed by atoms with Gasteiger partial charge in [0.1, 0.15) is 23.3 Å². The van der Waals surface area contributed by atoms with Crippen LogP contribution >= 0.6 is 0 Å². The van der Waals surface area contributed by atoms with Crippen LogP contribution in [0.2, 0.25) is 0 Å². The van der Waals surface area contributed by atoms with Gasteiger partial charge in [-0.05, 0) is 55.8 Å². The van der Waals surface area contributed by atoms with Crippen molar-refractivity contribution >= 4 is 11.8 Å². The molecule has 4 aromatic rings. The Labute approximate surface area is 233 Å². The van der Waals surface area contributed by atoms with Gasteiger partial charge in [0.05, 0.1) is 19.4 Å². The van der Waals surface area contributed by atoms with Crippen molar-refractivity contribution in [3.8, 4) is 23.0 Å². The predicted octanol–water partition coefficient (Wildman–Crippen LogP) is 5.65. The van der Waals surface area contributed by atoms with E-state index in [9.17, 15) is 14.7 Å². The molecule has 0 radical (unpaired) electrons. The lowest BCUT2D eigenvalue weighted by atomic mass is 10.1. The SMILES string of the molecule is COc1ccc(-c2nc(CCOc3ccc(C[C@H](N/C(C)=C\C(=O)c4ccccc4)C(=O)O)cc3)c(C)o2)cc1. The molecule has 0 fully saturated rings. The molecule has 3 aromatic carbocycles. The van der Waals surface area contributed by atoms with E-state index in [1.54, 1.807) is 38.3 Å². The number of methoxy groups -OCH3 is 1. The number of carbonyl (C=O) groups is 2. The van der Waals surface area contributed by atoms with Crippen molar-refractivity contribution in [2.24, 2.45) is 0 Å². The Kier molecular flexibility index (Phi) is 9.35. The van der Waals surface area contributed by atoms with Crippen molar-refractivity contribution in [2.75, 3.05) is 13.7 Å². The van der Waals surface area contributed by atoms with Crippen LogP contribution in [0.4, 0.5) is 0 Å². The monoisotopic (exact) mass is 540 g/mol. The third kappa shape index (κ3) is 7.60. The van der Waals surface area contributed by atoms with Gasteiger partial charge in [-0.15, -0.1) is 0 Å². The Morgan fingerprint density at radius 2 is 1.68 bits per heavy atom. The first-order chi connectivity index (χ1) is 19.3. The number of carboxylic acids is 1. The summed E-state index contributed by atoms with van der Waals surface area (Å²) in [5, 5.41) is 12.7. The molecule has 0 aliphatic rings. The van der Waals surface area contributed by atoms with Gasteiger partial charge in [-0.3, -0.25) is 4.79 Å². The van der Waals surface area contributed by atoms with Crippen LogP contribution in [0.5, 0.6) is 11.5 Å². The van der Waals surface area contributed by atoms with Crippen molar-refractivity contribution in [3.63, 3.8) is 0 Å². The van der Waals surface area contributed by atoms with E-state index in [2.05, 4.69) is 10.3 Å². The molecule has 0 spiro atoms. The zero-order valence-electron chi connectivity index (χ0n) is 22.7. The van der Waals surface area contributed by atoms with Crippen LogP contribution < -0.4 is 14.8 Å². The average molecular weight is 541 g/mol. The number of aliphatic carboxylic acids is 1. The largest absolute Gasteiger partial charge is 0.497 e. The van der Waals surface area contributed by atoms with Gasteiger partial charge in [0.2, 0.25) is 5.89 Å². The minimum absolute atomic E-state index is 0.186. The molecule has 8 heteroatoms. The summed E-state index contributed by atoms with van der Waals surface area (Å²) in [4.78, 5) is 28.9. The van der Waals surface area contributed by atoms with E-state index >= 15 is 0 Å². The minimum Gasteiger partial charge on any atom is -0.497 e. The number of rotatable bonds is 13. The average Bonchev–Trinajstić information content (AvgIpc) is 3.34. The molecule has 0 aliphatic heterocycles. The maximum Gasteiger partial charge on any atom is 0.326 e. The molecule has 1 atom stereocenters. The van der Waals surface area contributed by atoms with E-state index in [0.29, 0.717) is 35.9 Å². The lowest BCUT2D eigenvalue weighted by molar-refractivity contribution is -0.139. The summed E-state index contributed by atoms with van der Waals surface area (Å²) in [5.41, 5.74) is 3.55. The topological polar surface area (TPSA) is 111 Å². The van der Waals surface area contributed by atoms with E-state index in [1.807, 2.05) is 61.5 Å². The normalized spacial score (nSPS) is 12.0. The number of hydrogen-bond donors (Lipinski definition) is 2. The molecule has 0 amide bonds. The van der Waals surface area contributed by atoms with E-state index in [4.69, 9.17) is 13.9 Å². The number of ketones is 1. The summed E-state index contributed by atoms with van der Waals surface area (Å²) in [6, 6.07) is 22.8. The fourth-order valence-electron chi connectivity index (χ4n) is 4.14. The molecule has 8 nitrogen and oxygen atoms in total. The number of nitrogens with zero attached hydrogens (tertiary/aromatic N) is 1. The summed E-state index contributed by atoms with van der Waals surface area (Å²) in [6.07, 6.45) is 2.23. The standard InChI is InChI=1S/C32H32N2O6/c1-21(19-30(35)24-7-5-4-6-8-24)33-29(32(36)37)20-23-9-13-27(14-10-23)39-18-17-28-22(2)40-31(34-28)25-11-15-26(38-3)16-12-25/h4-16,19,29,33H,17-18,20H2,1-3H3,(H,36,37)/b21-19-/t29-/m0/s1. The maximum atomic E-state index is 12.4. The number of ether oxygens (including phenoxy) is 2. The number of benzene rings is 3. The van der Waals surface area contributed by atoms with E-state index in [-0.39, 0.29) is 12.2 Å². The summed E-state index contributed by atoms with van der Waals surface area (Å²) < 4.78 is 16.9. The van der Waals surface area contributed by atoms with Gasteiger partial charge in [0, 0.05) is 35.7 Å². The zero-order valence-corrected chi connectivity index (χ0v) is 22.7. The van der Waals surface area contributed by atoms with Crippen LogP contribution in [0.3, 0.4) is 0 Å². The van der Waals surface area contributed by atoms with Crippen LogP contribution in [0.25, 0.3) is 11.5 Å². The van der Waals surface area contributed by atoms with Crippen LogP contribution in [0.15, 0.2) is 95.1 Å². The highest BCUT2D eigenvalue weighted by molar-refractivity contribution is 6.04. The number of aromatic nitrogens is 1. The van der Waals surface area contributed by atoms with Crippen LogP contribution in [-0.4, -0.2) is 41.6 Å². The molecular formula is C32H32N2O6. The third-order valence-electron chi connectivity index (χ3n) is 6.31. The van der Waals surface area contributed by atoms with Gasteiger partial charge < -0.3 is 24.3 Å². The van der Waals surface area contributed by atoms with Gasteiger partial charge in [0.15, 0.2) is 5.78 Å². The quantitative estimate of drug-likeness (QED) is 0.165. The van der Waals surface area contributed by atoms with Crippen molar-refractivity contribution in [3.05, 3.63) is 113 Å². The summed E-state index contributed by atoms with van der Waals surface area (Å²) in [6.45, 7) is 3.98.